The van der Waals surface area contributed by atoms with Crippen molar-refractivity contribution in [2.75, 3.05) is 57.5 Å². The van der Waals surface area contributed by atoms with Crippen molar-refractivity contribution >= 4 is 37.9 Å². The first-order valence-electron chi connectivity index (χ1n) is 10.9. The summed E-state index contributed by atoms with van der Waals surface area (Å²) in [6.07, 6.45) is 0.498. The highest BCUT2D eigenvalue weighted by Gasteiger charge is 2.36. The maximum atomic E-state index is 12.9. The van der Waals surface area contributed by atoms with Crippen LogP contribution in [0.3, 0.4) is 0 Å². The van der Waals surface area contributed by atoms with Gasteiger partial charge in [0.15, 0.2) is 10.8 Å². The van der Waals surface area contributed by atoms with E-state index in [1.165, 1.54) is 21.3 Å². The molecule has 0 spiro atoms. The lowest BCUT2D eigenvalue weighted by Gasteiger charge is -2.34. The van der Waals surface area contributed by atoms with Crippen molar-refractivity contribution in [3.63, 3.8) is 0 Å². The highest BCUT2D eigenvalue weighted by atomic mass is 32.2. The Balaban J connectivity index is 1.62. The Bertz CT molecular complexity index is 1140. The molecule has 1 aromatic heterocycles. The van der Waals surface area contributed by atoms with Crippen molar-refractivity contribution in [2.45, 2.75) is 37.4 Å². The number of rotatable bonds is 5. The van der Waals surface area contributed by atoms with Gasteiger partial charge < -0.3 is 19.7 Å². The van der Waals surface area contributed by atoms with Gasteiger partial charge in [-0.15, -0.1) is 10.2 Å². The Labute approximate surface area is 204 Å². The van der Waals surface area contributed by atoms with Crippen LogP contribution in [0.15, 0.2) is 17.2 Å². The average molecular weight is 535 g/mol. The molecule has 0 saturated carbocycles. The second-order valence-corrected chi connectivity index (χ2v) is 12.9. The van der Waals surface area contributed by atoms with E-state index in [0.29, 0.717) is 0 Å². The van der Waals surface area contributed by atoms with Gasteiger partial charge in [0.2, 0.25) is 15.9 Å². The van der Waals surface area contributed by atoms with Gasteiger partial charge in [-0.25, -0.2) is 21.6 Å². The van der Waals surface area contributed by atoms with E-state index in [1.54, 1.807) is 20.8 Å². The van der Waals surface area contributed by atoms with E-state index in [-0.39, 0.29) is 56.8 Å². The summed E-state index contributed by atoms with van der Waals surface area (Å²) >= 11 is 0. The monoisotopic (exact) mass is 534 g/mol. The minimum Gasteiger partial charge on any atom is -0.444 e. The standard InChI is InChI=1S/C19H30N6O8S2/c1-19(2,3)33-18(27)23-7-9-24(10-8-23)35(30,31)16-6-5-15(21-22-16)20-17(26)14-13-32-12-11-25(14)34(4,28)29/h5-6,14H,7-13H2,1-4H3,(H,20,21,26). The predicted octanol–water partition coefficient (Wildman–Crippen LogP) is -0.683. The van der Waals surface area contributed by atoms with Crippen molar-refractivity contribution in [3.8, 4) is 0 Å². The van der Waals surface area contributed by atoms with Crippen LogP contribution in [0, 0.1) is 0 Å². The van der Waals surface area contributed by atoms with Gasteiger partial charge in [-0.05, 0) is 32.9 Å². The van der Waals surface area contributed by atoms with E-state index >= 15 is 0 Å². The molecule has 3 heterocycles. The fourth-order valence-electron chi connectivity index (χ4n) is 3.50. The van der Waals surface area contributed by atoms with Gasteiger partial charge in [0, 0.05) is 32.7 Å². The van der Waals surface area contributed by atoms with Gasteiger partial charge in [-0.1, -0.05) is 0 Å². The van der Waals surface area contributed by atoms with Gasteiger partial charge in [-0.2, -0.15) is 8.61 Å². The Hall–Kier alpha value is -2.40. The number of aromatic nitrogens is 2. The number of ether oxygens (including phenoxy) is 2. The predicted molar refractivity (Wildman–Crippen MR) is 123 cm³/mol. The fraction of sp³-hybridized carbons (Fsp3) is 0.684. The van der Waals surface area contributed by atoms with Crippen LogP contribution >= 0.6 is 0 Å². The van der Waals surface area contributed by atoms with E-state index < -0.39 is 43.7 Å². The summed E-state index contributed by atoms with van der Waals surface area (Å²) in [7, 11) is -7.61. The number of hydrogen-bond acceptors (Lipinski definition) is 10. The van der Waals surface area contributed by atoms with E-state index in [0.717, 1.165) is 10.6 Å². The molecule has 2 amide bonds. The quantitative estimate of drug-likeness (QED) is 0.511. The van der Waals surface area contributed by atoms with Crippen LogP contribution < -0.4 is 5.32 Å². The first-order valence-corrected chi connectivity index (χ1v) is 14.1. The molecule has 1 unspecified atom stereocenters. The Morgan fingerprint density at radius 3 is 2.26 bits per heavy atom. The number of morpholine rings is 1. The third-order valence-electron chi connectivity index (χ3n) is 5.19. The number of nitrogens with one attached hydrogen (secondary N) is 1. The molecule has 3 rings (SSSR count). The van der Waals surface area contributed by atoms with Crippen LogP contribution in [0.1, 0.15) is 20.8 Å². The van der Waals surface area contributed by atoms with E-state index in [4.69, 9.17) is 9.47 Å². The van der Waals surface area contributed by atoms with Gasteiger partial charge in [0.05, 0.1) is 19.5 Å². The zero-order valence-corrected chi connectivity index (χ0v) is 21.6. The molecule has 16 heteroatoms. The lowest BCUT2D eigenvalue weighted by Crippen LogP contribution is -2.53. The molecule has 1 aromatic rings. The normalized spacial score (nSPS) is 20.9. The zero-order valence-electron chi connectivity index (χ0n) is 20.0. The molecule has 0 radical (unpaired) electrons. The lowest BCUT2D eigenvalue weighted by molar-refractivity contribution is -0.123. The molecular formula is C19H30N6O8S2. The molecule has 2 aliphatic heterocycles. The molecule has 1 atom stereocenters. The third-order valence-corrected chi connectivity index (χ3v) is 8.27. The summed E-state index contributed by atoms with van der Waals surface area (Å²) in [4.78, 5) is 26.2. The lowest BCUT2D eigenvalue weighted by atomic mass is 10.2. The molecule has 0 aliphatic carbocycles. The summed E-state index contributed by atoms with van der Waals surface area (Å²) < 4.78 is 62.5. The smallest absolute Gasteiger partial charge is 0.410 e. The number of amides is 2. The van der Waals surface area contributed by atoms with Gasteiger partial charge in [0.25, 0.3) is 10.0 Å². The Morgan fingerprint density at radius 1 is 1.06 bits per heavy atom. The maximum absolute atomic E-state index is 12.9. The SMILES string of the molecule is CC(C)(C)OC(=O)N1CCN(S(=O)(=O)c2ccc(NC(=O)C3COCCN3S(C)(=O)=O)nn2)CC1. The maximum Gasteiger partial charge on any atom is 0.410 e. The van der Waals surface area contributed by atoms with E-state index in [2.05, 4.69) is 15.5 Å². The Morgan fingerprint density at radius 2 is 1.71 bits per heavy atom. The third kappa shape index (κ3) is 6.84. The molecule has 0 bridgehead atoms. The minimum atomic E-state index is -3.98. The summed E-state index contributed by atoms with van der Waals surface area (Å²) in [5.74, 6) is -0.707. The van der Waals surface area contributed by atoms with Crippen molar-refractivity contribution in [3.05, 3.63) is 12.1 Å². The zero-order chi connectivity index (χ0) is 26.0. The number of hydrogen-bond donors (Lipinski definition) is 1. The van der Waals surface area contributed by atoms with Crippen LogP contribution in [0.25, 0.3) is 0 Å². The number of carbonyl (C=O) groups excluding carboxylic acids is 2. The molecule has 1 N–H and O–H groups in total. The number of carbonyl (C=O) groups is 2. The molecular weight excluding hydrogens is 504 g/mol. The minimum absolute atomic E-state index is 0.0391. The largest absolute Gasteiger partial charge is 0.444 e. The Kier molecular flexibility index (Phi) is 8.00. The second-order valence-electron chi connectivity index (χ2n) is 9.08. The van der Waals surface area contributed by atoms with Gasteiger partial charge in [-0.3, -0.25) is 4.79 Å². The van der Waals surface area contributed by atoms with Gasteiger partial charge in [0.1, 0.15) is 11.6 Å². The summed E-state index contributed by atoms with van der Waals surface area (Å²) in [6.45, 7) is 5.80. The van der Waals surface area contributed by atoms with Crippen molar-refractivity contribution in [2.24, 2.45) is 0 Å². The van der Waals surface area contributed by atoms with Crippen LogP contribution in [0.4, 0.5) is 10.6 Å². The van der Waals surface area contributed by atoms with Crippen LogP contribution in [0.5, 0.6) is 0 Å². The first kappa shape index (κ1) is 27.2. The van der Waals surface area contributed by atoms with E-state index in [9.17, 15) is 26.4 Å². The van der Waals surface area contributed by atoms with Crippen molar-refractivity contribution < 1.29 is 35.9 Å². The summed E-state index contributed by atoms with van der Waals surface area (Å²) in [5, 5.41) is 9.62. The number of piperazine rings is 1. The van der Waals surface area contributed by atoms with Gasteiger partial charge >= 0.3 is 6.09 Å². The highest BCUT2D eigenvalue weighted by Crippen LogP contribution is 2.19. The topological polar surface area (TPSA) is 168 Å². The van der Waals surface area contributed by atoms with Crippen LogP contribution in [-0.2, 0) is 34.3 Å². The van der Waals surface area contributed by atoms with Crippen molar-refractivity contribution in [1.29, 1.82) is 0 Å². The molecule has 35 heavy (non-hydrogen) atoms. The van der Waals surface area contributed by atoms with Crippen LogP contribution in [-0.4, -0.2) is 116 Å². The average Bonchev–Trinajstić information content (AvgIpc) is 2.78. The summed E-state index contributed by atoms with van der Waals surface area (Å²) in [6, 6.07) is 1.39. The number of nitrogens with zero attached hydrogens (tertiary/aromatic N) is 5. The number of anilines is 1. The summed E-state index contributed by atoms with van der Waals surface area (Å²) in [5.41, 5.74) is -0.653. The molecule has 196 valence electrons. The van der Waals surface area contributed by atoms with E-state index in [1.807, 2.05) is 0 Å². The molecule has 0 aromatic carbocycles. The molecule has 2 saturated heterocycles. The molecule has 14 nitrogen and oxygen atoms in total. The van der Waals surface area contributed by atoms with Crippen LogP contribution in [0.2, 0.25) is 0 Å². The number of sulfonamides is 2. The highest BCUT2D eigenvalue weighted by molar-refractivity contribution is 7.89. The van der Waals surface area contributed by atoms with Crippen molar-refractivity contribution in [1.82, 2.24) is 23.7 Å². The first-order chi connectivity index (χ1) is 16.2. The molecule has 2 aliphatic rings. The fourth-order valence-corrected chi connectivity index (χ4v) is 5.81. The molecule has 2 fully saturated rings. The second kappa shape index (κ2) is 10.3.